The van der Waals surface area contributed by atoms with Crippen LogP contribution in [0.2, 0.25) is 0 Å². The molecule has 1 amide bonds. The first-order valence-corrected chi connectivity index (χ1v) is 16.2. The van der Waals surface area contributed by atoms with Gasteiger partial charge in [-0.15, -0.1) is 11.8 Å². The van der Waals surface area contributed by atoms with E-state index < -0.39 is 12.1 Å². The number of amides is 1. The molecule has 0 spiro atoms. The van der Waals surface area contributed by atoms with Crippen molar-refractivity contribution in [2.75, 3.05) is 13.3 Å². The predicted octanol–water partition coefficient (Wildman–Crippen LogP) is 8.33. The third-order valence-electron chi connectivity index (χ3n) is 12.4. The van der Waals surface area contributed by atoms with Crippen LogP contribution in [0.25, 0.3) is 0 Å². The highest BCUT2D eigenvalue weighted by molar-refractivity contribution is 8.00. The Kier molecular flexibility index (Phi) is 7.20. The first-order valence-electron chi connectivity index (χ1n) is 15.3. The lowest BCUT2D eigenvalue weighted by atomic mass is 9.34. The number of rotatable bonds is 6. The van der Waals surface area contributed by atoms with Crippen LogP contribution in [0, 0.1) is 34.5 Å². The van der Waals surface area contributed by atoms with E-state index in [0.717, 1.165) is 50.5 Å². The van der Waals surface area contributed by atoms with Crippen LogP contribution in [0.15, 0.2) is 17.7 Å². The molecule has 40 heavy (non-hydrogen) atoms. The van der Waals surface area contributed by atoms with E-state index in [-0.39, 0.29) is 45.2 Å². The van der Waals surface area contributed by atoms with Gasteiger partial charge in [0.2, 0.25) is 5.91 Å². The van der Waals surface area contributed by atoms with E-state index in [1.807, 2.05) is 24.8 Å². The Morgan fingerprint density at radius 3 is 2.42 bits per heavy atom. The third kappa shape index (κ3) is 4.08. The molecule has 4 aliphatic carbocycles. The van der Waals surface area contributed by atoms with Crippen molar-refractivity contribution in [1.29, 1.82) is 0 Å². The quantitative estimate of drug-likeness (QED) is 0.337. The maximum atomic E-state index is 13.0. The third-order valence-corrected chi connectivity index (χ3v) is 13.6. The van der Waals surface area contributed by atoms with Gasteiger partial charge in [0.15, 0.2) is 11.5 Å². The smallest absolute Gasteiger partial charge is 0.223 e. The molecule has 222 valence electrons. The number of carbonyl (C=O) groups is 1. The summed E-state index contributed by atoms with van der Waals surface area (Å²) < 4.78 is 18.8. The molecule has 0 radical (unpaired) electrons. The van der Waals surface area contributed by atoms with Crippen molar-refractivity contribution < 1.29 is 19.0 Å². The van der Waals surface area contributed by atoms with Gasteiger partial charge in [0.25, 0.3) is 0 Å². The molecule has 3 N–H and O–H groups in total. The van der Waals surface area contributed by atoms with Crippen molar-refractivity contribution in [3.8, 4) is 11.5 Å². The number of fused-ring (bicyclic) bond motifs is 7. The maximum Gasteiger partial charge on any atom is 0.223 e. The summed E-state index contributed by atoms with van der Waals surface area (Å²) in [6, 6.07) is 1.93. The Morgan fingerprint density at radius 1 is 1.12 bits per heavy atom. The number of thioether (sulfide) groups is 1. The molecule has 4 nitrogen and oxygen atoms in total. The van der Waals surface area contributed by atoms with Gasteiger partial charge in [0.1, 0.15) is 13.3 Å². The van der Waals surface area contributed by atoms with Crippen LogP contribution in [0.3, 0.4) is 0 Å². The van der Waals surface area contributed by atoms with E-state index in [1.54, 1.807) is 0 Å². The van der Waals surface area contributed by atoms with Gasteiger partial charge in [0, 0.05) is 16.1 Å². The minimum absolute atomic E-state index is 0.0360. The lowest BCUT2D eigenvalue weighted by Gasteiger charge is -2.70. The second kappa shape index (κ2) is 9.67. The van der Waals surface area contributed by atoms with Crippen LogP contribution >= 0.6 is 11.8 Å². The van der Waals surface area contributed by atoms with Gasteiger partial charge in [0.05, 0.1) is 0 Å². The van der Waals surface area contributed by atoms with Gasteiger partial charge in [-0.05, 0) is 102 Å². The molecular formula is C34H50FNO3S. The van der Waals surface area contributed by atoms with Crippen molar-refractivity contribution >= 4 is 17.7 Å². The van der Waals surface area contributed by atoms with Crippen LogP contribution < -0.4 is 10.5 Å². The zero-order valence-electron chi connectivity index (χ0n) is 25.9. The number of nitrogens with two attached hydrogens (primary N) is 1. The Morgan fingerprint density at radius 2 is 1.80 bits per heavy atom. The molecule has 3 saturated carbocycles. The van der Waals surface area contributed by atoms with Gasteiger partial charge < -0.3 is 15.6 Å². The number of ether oxygens (including phenoxy) is 1. The summed E-state index contributed by atoms with van der Waals surface area (Å²) in [6.07, 6.45) is 9.70. The van der Waals surface area contributed by atoms with E-state index in [2.05, 4.69) is 54.5 Å². The summed E-state index contributed by atoms with van der Waals surface area (Å²) in [5.41, 5.74) is 10.4. The molecule has 5 rings (SSSR count). The average Bonchev–Trinajstić information content (AvgIpc) is 2.87. The lowest BCUT2D eigenvalue weighted by molar-refractivity contribution is -0.166. The highest BCUT2D eigenvalue weighted by Gasteiger charge is 2.67. The molecule has 1 aromatic rings. The van der Waals surface area contributed by atoms with Crippen molar-refractivity contribution in [3.05, 3.63) is 34.4 Å². The number of carbonyl (C=O) groups excluding carboxylic acids is 1. The summed E-state index contributed by atoms with van der Waals surface area (Å²) in [4.78, 5) is 12.7. The molecule has 1 aromatic carbocycles. The Bertz CT molecular complexity index is 1250. The van der Waals surface area contributed by atoms with Crippen LogP contribution in [-0.4, -0.2) is 29.5 Å². The summed E-state index contributed by atoms with van der Waals surface area (Å²) in [5, 5.41) is 11.7. The second-order valence-electron chi connectivity index (χ2n) is 15.0. The van der Waals surface area contributed by atoms with Crippen LogP contribution in [0.4, 0.5) is 4.39 Å². The number of benzene rings is 1. The highest BCUT2D eigenvalue weighted by Crippen LogP contribution is 2.75. The predicted molar refractivity (Wildman–Crippen MR) is 163 cm³/mol. The summed E-state index contributed by atoms with van der Waals surface area (Å²) in [5.74, 6) is 0.792. The number of allylic oxidation sites excluding steroid dienone is 1. The van der Waals surface area contributed by atoms with E-state index >= 15 is 0 Å². The monoisotopic (exact) mass is 571 g/mol. The highest BCUT2D eigenvalue weighted by atomic mass is 32.2. The SMILES string of the molecule is Cc1c(OCCF)c(O)cc2c1C(SC(C)C)C=C1[C@@]2(C)CC[C@@]2(C)[C@@H]3C[C@](C)(C(N)=O)CC[C@]3(C)CC[C@]12C. The van der Waals surface area contributed by atoms with Gasteiger partial charge in [-0.3, -0.25) is 4.79 Å². The fraction of sp³-hybridized carbons (Fsp3) is 0.735. The number of primary amides is 1. The molecule has 6 heteroatoms. The zero-order valence-corrected chi connectivity index (χ0v) is 26.7. The minimum Gasteiger partial charge on any atom is -0.504 e. The van der Waals surface area contributed by atoms with Gasteiger partial charge in [-0.25, -0.2) is 4.39 Å². The van der Waals surface area contributed by atoms with Gasteiger partial charge in [-0.1, -0.05) is 60.1 Å². The minimum atomic E-state index is -0.590. The van der Waals surface area contributed by atoms with Crippen molar-refractivity contribution in [2.24, 2.45) is 33.3 Å². The molecule has 4 aliphatic rings. The summed E-state index contributed by atoms with van der Waals surface area (Å²) in [7, 11) is 0. The fourth-order valence-corrected chi connectivity index (χ4v) is 10.9. The van der Waals surface area contributed by atoms with Crippen molar-refractivity contribution in [1.82, 2.24) is 0 Å². The second-order valence-corrected chi connectivity index (χ2v) is 16.7. The van der Waals surface area contributed by atoms with Crippen LogP contribution in [-0.2, 0) is 10.2 Å². The number of aromatic hydroxyl groups is 1. The molecule has 0 saturated heterocycles. The van der Waals surface area contributed by atoms with Crippen LogP contribution in [0.5, 0.6) is 11.5 Å². The molecule has 0 aromatic heterocycles. The fourth-order valence-electron chi connectivity index (χ4n) is 9.63. The maximum absolute atomic E-state index is 13.0. The van der Waals surface area contributed by atoms with Crippen molar-refractivity contribution in [3.63, 3.8) is 0 Å². The van der Waals surface area contributed by atoms with E-state index in [9.17, 15) is 14.3 Å². The first-order chi connectivity index (χ1) is 18.6. The van der Waals surface area contributed by atoms with Crippen LogP contribution in [0.1, 0.15) is 115 Å². The number of alkyl halides is 1. The lowest BCUT2D eigenvalue weighted by Crippen LogP contribution is -2.63. The molecule has 0 bridgehead atoms. The van der Waals surface area contributed by atoms with Crippen molar-refractivity contribution in [2.45, 2.75) is 116 Å². The van der Waals surface area contributed by atoms with E-state index in [4.69, 9.17) is 10.5 Å². The molecule has 0 heterocycles. The normalized spacial score (nSPS) is 40.4. The standard InChI is InChI=1S/C34H50FNO3S/c1-20(2)40-24-18-25-32(6,22-17-23(37)28(39-16-15-35)21(3)27(22)24)12-14-34(8)26-19-31(5,29(36)38)10-9-30(26,4)11-13-33(25,34)7/h17-18,20,24,26,37H,9-16,19H2,1-8H3,(H2,36,38)/t24?,26-,30-,31-,32+,33-,34+/m1/s1. The Balaban J connectivity index is 1.67. The molecule has 0 aliphatic heterocycles. The number of halogens is 1. The topological polar surface area (TPSA) is 72.6 Å². The number of phenols is 1. The summed E-state index contributed by atoms with van der Waals surface area (Å²) in [6.45, 7) is 17.8. The zero-order chi connectivity index (χ0) is 29.5. The Hall–Kier alpha value is -1.69. The molecular weight excluding hydrogens is 521 g/mol. The van der Waals surface area contributed by atoms with Gasteiger partial charge in [-0.2, -0.15) is 0 Å². The average molecular weight is 572 g/mol. The van der Waals surface area contributed by atoms with E-state index in [1.165, 1.54) is 16.7 Å². The first kappa shape index (κ1) is 29.8. The Labute approximate surface area is 245 Å². The molecule has 3 fully saturated rings. The van der Waals surface area contributed by atoms with E-state index in [0.29, 0.717) is 16.9 Å². The largest absolute Gasteiger partial charge is 0.504 e. The molecule has 7 atom stereocenters. The summed E-state index contributed by atoms with van der Waals surface area (Å²) >= 11 is 1.94. The number of phenolic OH excluding ortho intramolecular Hbond substituents is 1. The van der Waals surface area contributed by atoms with Gasteiger partial charge >= 0.3 is 0 Å². The number of hydrogen-bond acceptors (Lipinski definition) is 4. The number of hydrogen-bond donors (Lipinski definition) is 2. The molecule has 1 unspecified atom stereocenters.